The quantitative estimate of drug-likeness (QED) is 0.579. The van der Waals surface area contributed by atoms with Gasteiger partial charge in [0, 0.05) is 18.8 Å². The van der Waals surface area contributed by atoms with E-state index in [1.807, 2.05) is 0 Å². The van der Waals surface area contributed by atoms with Crippen LogP contribution in [-0.2, 0) is 4.79 Å². The predicted molar refractivity (Wildman–Crippen MR) is 50.1 cm³/mol. The maximum absolute atomic E-state index is 11.2. The highest BCUT2D eigenvalue weighted by Crippen LogP contribution is 1.99. The highest BCUT2D eigenvalue weighted by atomic mass is 16.1. The van der Waals surface area contributed by atoms with Crippen LogP contribution >= 0.6 is 0 Å². The van der Waals surface area contributed by atoms with Gasteiger partial charge in [-0.25, -0.2) is 4.98 Å². The number of carbonyl (C=O) groups excluding carboxylic acids is 1. The number of nitrogens with one attached hydrogen (secondary N) is 2. The summed E-state index contributed by atoms with van der Waals surface area (Å²) >= 11 is 0. The number of nitrogens with zero attached hydrogens (tertiary/aromatic N) is 1. The molecule has 4 N–H and O–H groups in total. The maximum atomic E-state index is 11.2. The second-order valence-corrected chi connectivity index (χ2v) is 2.73. The zero-order valence-electron chi connectivity index (χ0n) is 7.42. The van der Waals surface area contributed by atoms with Gasteiger partial charge in [0.1, 0.15) is 0 Å². The van der Waals surface area contributed by atoms with Crippen LogP contribution in [0.15, 0.2) is 12.4 Å². The first kappa shape index (κ1) is 9.73. The molecule has 0 saturated carbocycles. The molecule has 0 aliphatic rings. The Morgan fingerprint density at radius 2 is 2.46 bits per heavy atom. The summed E-state index contributed by atoms with van der Waals surface area (Å²) in [6, 6.07) is 0. The lowest BCUT2D eigenvalue weighted by Crippen LogP contribution is -2.12. The van der Waals surface area contributed by atoms with Crippen LogP contribution in [0.3, 0.4) is 0 Å². The fourth-order valence-electron chi connectivity index (χ4n) is 0.958. The summed E-state index contributed by atoms with van der Waals surface area (Å²) in [5.74, 6) is 0.473. The molecule has 1 amide bonds. The van der Waals surface area contributed by atoms with Crippen LogP contribution in [0.5, 0.6) is 0 Å². The van der Waals surface area contributed by atoms with Crippen molar-refractivity contribution in [1.82, 2.24) is 9.97 Å². The number of imidazole rings is 1. The number of carbonyl (C=O) groups is 1. The lowest BCUT2D eigenvalue weighted by Gasteiger charge is -2.00. The second kappa shape index (κ2) is 5.31. The van der Waals surface area contributed by atoms with E-state index >= 15 is 0 Å². The molecule has 1 aromatic heterocycles. The molecule has 1 aromatic rings. The molecule has 0 fully saturated rings. The minimum Gasteiger partial charge on any atom is -0.331 e. The first-order valence-electron chi connectivity index (χ1n) is 4.32. The smallest absolute Gasteiger partial charge is 0.226 e. The molecular weight excluding hydrogens is 168 g/mol. The molecule has 0 spiro atoms. The van der Waals surface area contributed by atoms with Crippen LogP contribution in [0.25, 0.3) is 0 Å². The Kier molecular flexibility index (Phi) is 3.98. The van der Waals surface area contributed by atoms with Crippen molar-refractivity contribution < 1.29 is 4.79 Å². The standard InChI is InChI=1S/C8H14N4O/c9-4-2-1-3-7(13)12-8-10-5-6-11-8/h5-6H,1-4,9H2,(H2,10,11,12,13). The van der Waals surface area contributed by atoms with E-state index in [0.717, 1.165) is 12.8 Å². The Morgan fingerprint density at radius 1 is 1.62 bits per heavy atom. The summed E-state index contributed by atoms with van der Waals surface area (Å²) in [6.07, 6.45) is 5.46. The number of H-pyrrole nitrogens is 1. The number of hydrogen-bond acceptors (Lipinski definition) is 3. The van der Waals surface area contributed by atoms with Gasteiger partial charge in [-0.05, 0) is 19.4 Å². The van der Waals surface area contributed by atoms with Crippen LogP contribution in [0.4, 0.5) is 5.95 Å². The van der Waals surface area contributed by atoms with E-state index in [0.29, 0.717) is 18.9 Å². The highest BCUT2D eigenvalue weighted by Gasteiger charge is 2.01. The SMILES string of the molecule is NCCCCC(=O)Nc1ncc[nH]1. The fourth-order valence-corrected chi connectivity index (χ4v) is 0.958. The topological polar surface area (TPSA) is 83.8 Å². The normalized spacial score (nSPS) is 9.92. The third kappa shape index (κ3) is 3.71. The van der Waals surface area contributed by atoms with E-state index < -0.39 is 0 Å². The molecule has 72 valence electrons. The van der Waals surface area contributed by atoms with Crippen molar-refractivity contribution in [2.75, 3.05) is 11.9 Å². The first-order valence-corrected chi connectivity index (χ1v) is 4.32. The zero-order chi connectivity index (χ0) is 9.52. The van der Waals surface area contributed by atoms with E-state index in [1.54, 1.807) is 12.4 Å². The zero-order valence-corrected chi connectivity index (χ0v) is 7.42. The van der Waals surface area contributed by atoms with Crippen molar-refractivity contribution >= 4 is 11.9 Å². The lowest BCUT2D eigenvalue weighted by atomic mass is 10.2. The van der Waals surface area contributed by atoms with Gasteiger partial charge in [0.2, 0.25) is 11.9 Å². The van der Waals surface area contributed by atoms with Gasteiger partial charge in [-0.1, -0.05) is 0 Å². The van der Waals surface area contributed by atoms with Crippen molar-refractivity contribution in [2.45, 2.75) is 19.3 Å². The number of aromatic amines is 1. The van der Waals surface area contributed by atoms with E-state index in [1.165, 1.54) is 0 Å². The van der Waals surface area contributed by atoms with Crippen LogP contribution in [0, 0.1) is 0 Å². The molecule has 0 unspecified atom stereocenters. The predicted octanol–water partition coefficient (Wildman–Crippen LogP) is 0.477. The van der Waals surface area contributed by atoms with Gasteiger partial charge in [0.25, 0.3) is 0 Å². The molecule has 5 heteroatoms. The molecule has 0 aromatic carbocycles. The Morgan fingerprint density at radius 3 is 3.08 bits per heavy atom. The van der Waals surface area contributed by atoms with E-state index in [4.69, 9.17) is 5.73 Å². The monoisotopic (exact) mass is 182 g/mol. The molecule has 0 atom stereocenters. The van der Waals surface area contributed by atoms with Crippen LogP contribution in [0.2, 0.25) is 0 Å². The Bertz CT molecular complexity index is 245. The van der Waals surface area contributed by atoms with Crippen LogP contribution in [0.1, 0.15) is 19.3 Å². The first-order chi connectivity index (χ1) is 6.33. The summed E-state index contributed by atoms with van der Waals surface area (Å²) < 4.78 is 0. The summed E-state index contributed by atoms with van der Waals surface area (Å²) in [5.41, 5.74) is 5.30. The van der Waals surface area contributed by atoms with Gasteiger partial charge in [0.15, 0.2) is 0 Å². The summed E-state index contributed by atoms with van der Waals surface area (Å²) in [6.45, 7) is 0.633. The molecule has 1 rings (SSSR count). The Hall–Kier alpha value is -1.36. The van der Waals surface area contributed by atoms with Gasteiger partial charge >= 0.3 is 0 Å². The van der Waals surface area contributed by atoms with Crippen molar-refractivity contribution in [3.63, 3.8) is 0 Å². The number of rotatable bonds is 5. The maximum Gasteiger partial charge on any atom is 0.226 e. The molecule has 0 bridgehead atoms. The van der Waals surface area contributed by atoms with Gasteiger partial charge in [0.05, 0.1) is 0 Å². The number of aromatic nitrogens is 2. The summed E-state index contributed by atoms with van der Waals surface area (Å²) in [4.78, 5) is 17.8. The Labute approximate surface area is 76.7 Å². The van der Waals surface area contributed by atoms with Crippen LogP contribution < -0.4 is 11.1 Å². The van der Waals surface area contributed by atoms with E-state index in [9.17, 15) is 4.79 Å². The number of hydrogen-bond donors (Lipinski definition) is 3. The molecule has 1 heterocycles. The van der Waals surface area contributed by atoms with Crippen molar-refractivity contribution in [1.29, 1.82) is 0 Å². The molecule has 0 aliphatic carbocycles. The third-order valence-electron chi connectivity index (χ3n) is 1.61. The van der Waals surface area contributed by atoms with Gasteiger partial charge in [-0.2, -0.15) is 0 Å². The minimum atomic E-state index is -0.0246. The van der Waals surface area contributed by atoms with Gasteiger partial charge in [-0.15, -0.1) is 0 Å². The summed E-state index contributed by atoms with van der Waals surface area (Å²) in [7, 11) is 0. The lowest BCUT2D eigenvalue weighted by molar-refractivity contribution is -0.116. The largest absolute Gasteiger partial charge is 0.331 e. The Balaban J connectivity index is 2.18. The number of amides is 1. The van der Waals surface area contributed by atoms with E-state index in [-0.39, 0.29) is 5.91 Å². The molecule has 0 aliphatic heterocycles. The molecular formula is C8H14N4O. The average molecular weight is 182 g/mol. The van der Waals surface area contributed by atoms with Crippen molar-refractivity contribution in [3.05, 3.63) is 12.4 Å². The van der Waals surface area contributed by atoms with Crippen molar-refractivity contribution in [3.8, 4) is 0 Å². The van der Waals surface area contributed by atoms with Gasteiger partial charge in [-0.3, -0.25) is 10.1 Å². The third-order valence-corrected chi connectivity index (χ3v) is 1.61. The fraction of sp³-hybridized carbons (Fsp3) is 0.500. The van der Waals surface area contributed by atoms with Crippen molar-refractivity contribution in [2.24, 2.45) is 5.73 Å². The molecule has 13 heavy (non-hydrogen) atoms. The average Bonchev–Trinajstić information content (AvgIpc) is 2.57. The van der Waals surface area contributed by atoms with Crippen LogP contribution in [-0.4, -0.2) is 22.4 Å². The molecule has 0 saturated heterocycles. The highest BCUT2D eigenvalue weighted by molar-refractivity contribution is 5.88. The minimum absolute atomic E-state index is 0.0246. The van der Waals surface area contributed by atoms with E-state index in [2.05, 4.69) is 15.3 Å². The number of anilines is 1. The number of nitrogens with two attached hydrogens (primary N) is 1. The van der Waals surface area contributed by atoms with Gasteiger partial charge < -0.3 is 10.7 Å². The number of unbranched alkanes of at least 4 members (excludes halogenated alkanes) is 1. The second-order valence-electron chi connectivity index (χ2n) is 2.73. The molecule has 0 radical (unpaired) electrons. The summed E-state index contributed by atoms with van der Waals surface area (Å²) in [5, 5.41) is 2.63. The molecule has 5 nitrogen and oxygen atoms in total.